The Kier molecular flexibility index (Phi) is 1.84. The van der Waals surface area contributed by atoms with E-state index in [4.69, 9.17) is 0 Å². The average molecular weight is 181 g/mol. The SMILES string of the molecule is O=c1n(CCF)nc2ccccn12. The van der Waals surface area contributed by atoms with Gasteiger partial charge in [-0.2, -0.15) is 0 Å². The molecule has 0 fully saturated rings. The first kappa shape index (κ1) is 7.97. The standard InChI is InChI=1S/C8H8FN3O/c9-4-6-12-8(13)11-5-2-1-3-7(11)10-12/h1-3,5H,4,6H2. The Morgan fingerprint density at radius 1 is 1.46 bits per heavy atom. The quantitative estimate of drug-likeness (QED) is 0.675. The first-order valence-corrected chi connectivity index (χ1v) is 3.93. The Morgan fingerprint density at radius 3 is 3.00 bits per heavy atom. The number of rotatable bonds is 2. The Hall–Kier alpha value is -1.65. The zero-order valence-electron chi connectivity index (χ0n) is 6.85. The molecule has 2 rings (SSSR count). The minimum absolute atomic E-state index is 0.0144. The van der Waals surface area contributed by atoms with Crippen molar-refractivity contribution in [2.24, 2.45) is 0 Å². The van der Waals surface area contributed by atoms with E-state index in [9.17, 15) is 9.18 Å². The van der Waals surface area contributed by atoms with Crippen molar-refractivity contribution in [3.63, 3.8) is 0 Å². The van der Waals surface area contributed by atoms with E-state index in [0.29, 0.717) is 5.65 Å². The van der Waals surface area contributed by atoms with Gasteiger partial charge >= 0.3 is 5.69 Å². The summed E-state index contributed by atoms with van der Waals surface area (Å²) in [5.74, 6) is 0. The molecule has 0 saturated carbocycles. The van der Waals surface area contributed by atoms with Crippen LogP contribution in [0.25, 0.3) is 5.65 Å². The Morgan fingerprint density at radius 2 is 2.31 bits per heavy atom. The number of hydrogen-bond donors (Lipinski definition) is 0. The van der Waals surface area contributed by atoms with Crippen molar-refractivity contribution in [1.82, 2.24) is 14.2 Å². The molecule has 0 aliphatic carbocycles. The maximum absolute atomic E-state index is 12.0. The molecule has 0 aromatic carbocycles. The summed E-state index contributed by atoms with van der Waals surface area (Å²) < 4.78 is 14.5. The molecular formula is C8H8FN3O. The summed E-state index contributed by atoms with van der Waals surface area (Å²) in [7, 11) is 0. The predicted molar refractivity (Wildman–Crippen MR) is 45.4 cm³/mol. The molecule has 0 radical (unpaired) electrons. The zero-order valence-corrected chi connectivity index (χ0v) is 6.85. The molecule has 5 heteroatoms. The van der Waals surface area contributed by atoms with Gasteiger partial charge in [0.15, 0.2) is 5.65 Å². The highest BCUT2D eigenvalue weighted by Gasteiger charge is 2.03. The van der Waals surface area contributed by atoms with Crippen LogP contribution >= 0.6 is 0 Å². The number of fused-ring (bicyclic) bond motifs is 1. The Labute approximate surface area is 73.2 Å². The number of halogens is 1. The van der Waals surface area contributed by atoms with Gasteiger partial charge in [-0.3, -0.25) is 4.40 Å². The zero-order chi connectivity index (χ0) is 9.26. The van der Waals surface area contributed by atoms with Crippen LogP contribution in [0.5, 0.6) is 0 Å². The summed E-state index contributed by atoms with van der Waals surface area (Å²) in [6, 6.07) is 5.22. The highest BCUT2D eigenvalue weighted by molar-refractivity contribution is 5.35. The van der Waals surface area contributed by atoms with Crippen molar-refractivity contribution < 1.29 is 4.39 Å². The fraction of sp³-hybridized carbons (Fsp3) is 0.250. The van der Waals surface area contributed by atoms with Gasteiger partial charge in [-0.1, -0.05) is 6.07 Å². The van der Waals surface area contributed by atoms with Crippen LogP contribution in [0.3, 0.4) is 0 Å². The molecule has 2 heterocycles. The second kappa shape index (κ2) is 3.01. The fourth-order valence-electron chi connectivity index (χ4n) is 1.19. The molecule has 2 aromatic rings. The first-order valence-electron chi connectivity index (χ1n) is 3.93. The normalized spacial score (nSPS) is 10.8. The maximum atomic E-state index is 12.0. The fourth-order valence-corrected chi connectivity index (χ4v) is 1.19. The number of aryl methyl sites for hydroxylation is 1. The average Bonchev–Trinajstić information content (AvgIpc) is 2.46. The van der Waals surface area contributed by atoms with E-state index in [1.807, 2.05) is 0 Å². The summed E-state index contributed by atoms with van der Waals surface area (Å²) in [4.78, 5) is 11.4. The topological polar surface area (TPSA) is 39.3 Å². The second-order valence-electron chi connectivity index (χ2n) is 2.62. The molecule has 0 bridgehead atoms. The van der Waals surface area contributed by atoms with Crippen LogP contribution in [0, 0.1) is 0 Å². The lowest BCUT2D eigenvalue weighted by molar-refractivity contribution is 0.421. The number of nitrogens with zero attached hydrogens (tertiary/aromatic N) is 3. The first-order chi connectivity index (χ1) is 6.33. The summed E-state index contributed by atoms with van der Waals surface area (Å²) >= 11 is 0. The predicted octanol–water partition coefficient (Wildman–Crippen LogP) is 0.465. The van der Waals surface area contributed by atoms with Crippen molar-refractivity contribution in [1.29, 1.82) is 0 Å². The lowest BCUT2D eigenvalue weighted by atomic mass is 10.5. The molecule has 68 valence electrons. The third-order valence-corrected chi connectivity index (χ3v) is 1.78. The van der Waals surface area contributed by atoms with E-state index in [1.54, 1.807) is 24.4 Å². The number of alkyl halides is 1. The summed E-state index contributed by atoms with van der Waals surface area (Å²) in [6.07, 6.45) is 1.61. The number of hydrogen-bond acceptors (Lipinski definition) is 2. The molecule has 0 aliphatic heterocycles. The van der Waals surface area contributed by atoms with Gasteiger partial charge in [0.1, 0.15) is 6.67 Å². The lowest BCUT2D eigenvalue weighted by Crippen LogP contribution is -2.21. The van der Waals surface area contributed by atoms with Gasteiger partial charge in [-0.25, -0.2) is 13.9 Å². The molecular weight excluding hydrogens is 173 g/mol. The van der Waals surface area contributed by atoms with Gasteiger partial charge in [0.2, 0.25) is 0 Å². The van der Waals surface area contributed by atoms with Crippen LogP contribution in [-0.4, -0.2) is 20.9 Å². The van der Waals surface area contributed by atoms with E-state index >= 15 is 0 Å². The van der Waals surface area contributed by atoms with Gasteiger partial charge in [0.05, 0.1) is 6.54 Å². The highest BCUT2D eigenvalue weighted by atomic mass is 19.1. The minimum atomic E-state index is -0.580. The van der Waals surface area contributed by atoms with Gasteiger partial charge < -0.3 is 0 Å². The summed E-state index contributed by atoms with van der Waals surface area (Å²) in [5, 5.41) is 3.93. The third kappa shape index (κ3) is 1.22. The molecule has 0 aliphatic rings. The Balaban J connectivity index is 2.67. The van der Waals surface area contributed by atoms with Crippen LogP contribution in [0.2, 0.25) is 0 Å². The molecule has 13 heavy (non-hydrogen) atoms. The van der Waals surface area contributed by atoms with Crippen LogP contribution in [0.4, 0.5) is 4.39 Å². The smallest absolute Gasteiger partial charge is 0.250 e. The van der Waals surface area contributed by atoms with Crippen molar-refractivity contribution in [2.45, 2.75) is 6.54 Å². The number of aromatic nitrogens is 3. The highest BCUT2D eigenvalue weighted by Crippen LogP contribution is 1.94. The van der Waals surface area contributed by atoms with Gasteiger partial charge in [0, 0.05) is 6.20 Å². The molecule has 0 atom stereocenters. The molecule has 0 amide bonds. The van der Waals surface area contributed by atoms with Crippen LogP contribution in [0.15, 0.2) is 29.2 Å². The molecule has 4 nitrogen and oxygen atoms in total. The lowest BCUT2D eigenvalue weighted by Gasteiger charge is -1.89. The van der Waals surface area contributed by atoms with Gasteiger partial charge in [-0.05, 0) is 12.1 Å². The summed E-state index contributed by atoms with van der Waals surface area (Å²) in [6.45, 7) is -0.565. The molecule has 0 N–H and O–H groups in total. The maximum Gasteiger partial charge on any atom is 0.350 e. The van der Waals surface area contributed by atoms with Crippen molar-refractivity contribution in [3.05, 3.63) is 34.9 Å². The molecule has 0 unspecified atom stereocenters. The third-order valence-electron chi connectivity index (χ3n) is 1.78. The molecule has 2 aromatic heterocycles. The molecule has 0 spiro atoms. The van der Waals surface area contributed by atoms with Gasteiger partial charge in [-0.15, -0.1) is 5.10 Å². The molecule has 0 saturated heterocycles. The van der Waals surface area contributed by atoms with Crippen LogP contribution < -0.4 is 5.69 Å². The van der Waals surface area contributed by atoms with E-state index in [2.05, 4.69) is 5.10 Å². The van der Waals surface area contributed by atoms with E-state index in [-0.39, 0.29) is 12.2 Å². The second-order valence-corrected chi connectivity index (χ2v) is 2.62. The minimum Gasteiger partial charge on any atom is -0.250 e. The van der Waals surface area contributed by atoms with Crippen LogP contribution in [0.1, 0.15) is 0 Å². The monoisotopic (exact) mass is 181 g/mol. The van der Waals surface area contributed by atoms with E-state index < -0.39 is 6.67 Å². The van der Waals surface area contributed by atoms with Crippen molar-refractivity contribution in [3.8, 4) is 0 Å². The summed E-state index contributed by atoms with van der Waals surface area (Å²) in [5.41, 5.74) is 0.245. The van der Waals surface area contributed by atoms with E-state index in [1.165, 1.54) is 4.40 Å². The Bertz CT molecular complexity index is 473. The van der Waals surface area contributed by atoms with E-state index in [0.717, 1.165) is 4.68 Å². The van der Waals surface area contributed by atoms with Crippen molar-refractivity contribution >= 4 is 5.65 Å². The van der Waals surface area contributed by atoms with Gasteiger partial charge in [0.25, 0.3) is 0 Å². The largest absolute Gasteiger partial charge is 0.350 e. The van der Waals surface area contributed by atoms with Crippen molar-refractivity contribution in [2.75, 3.05) is 6.67 Å². The number of pyridine rings is 1. The van der Waals surface area contributed by atoms with Crippen LogP contribution in [-0.2, 0) is 6.54 Å².